The van der Waals surface area contributed by atoms with Crippen molar-refractivity contribution in [1.29, 1.82) is 0 Å². The van der Waals surface area contributed by atoms with Gasteiger partial charge in [0.15, 0.2) is 15.5 Å². The molecule has 0 saturated heterocycles. The van der Waals surface area contributed by atoms with Crippen molar-refractivity contribution >= 4 is 38.0 Å². The molecule has 0 aliphatic heterocycles. The van der Waals surface area contributed by atoms with Gasteiger partial charge in [-0.05, 0) is 24.6 Å². The number of anilines is 2. The van der Waals surface area contributed by atoms with Crippen molar-refractivity contribution < 1.29 is 17.6 Å². The maximum absolute atomic E-state index is 13.4. The maximum atomic E-state index is 13.4. The molecule has 0 bridgehead atoms. The van der Waals surface area contributed by atoms with Crippen LogP contribution in [0.1, 0.15) is 16.1 Å². The fourth-order valence-corrected chi connectivity index (χ4v) is 3.21. The molecule has 0 unspecified atom stereocenters. The van der Waals surface area contributed by atoms with Gasteiger partial charge in [0, 0.05) is 17.7 Å². The second kappa shape index (κ2) is 6.30. The Labute approximate surface area is 148 Å². The molecule has 8 nitrogen and oxygen atoms in total. The Morgan fingerprint density at radius 2 is 1.92 bits per heavy atom. The Kier molecular flexibility index (Phi) is 4.28. The summed E-state index contributed by atoms with van der Waals surface area (Å²) < 4.78 is 37.3. The highest BCUT2D eigenvalue weighted by molar-refractivity contribution is 7.90. The molecule has 1 amide bonds. The summed E-state index contributed by atoms with van der Waals surface area (Å²) in [6, 6.07) is 4.00. The summed E-state index contributed by atoms with van der Waals surface area (Å²) in [5, 5.41) is 11.0. The highest BCUT2D eigenvalue weighted by atomic mass is 32.2. The van der Waals surface area contributed by atoms with Gasteiger partial charge in [-0.1, -0.05) is 0 Å². The molecule has 0 aliphatic carbocycles. The van der Waals surface area contributed by atoms with E-state index in [0.717, 1.165) is 18.5 Å². The van der Waals surface area contributed by atoms with Crippen LogP contribution in [0.2, 0.25) is 0 Å². The van der Waals surface area contributed by atoms with Gasteiger partial charge in [0.2, 0.25) is 0 Å². The van der Waals surface area contributed by atoms with E-state index in [-0.39, 0.29) is 22.0 Å². The molecule has 3 N–H and O–H groups in total. The van der Waals surface area contributed by atoms with Gasteiger partial charge in [0.05, 0.1) is 34.2 Å². The Bertz CT molecular complexity index is 1150. The van der Waals surface area contributed by atoms with E-state index < -0.39 is 21.6 Å². The summed E-state index contributed by atoms with van der Waals surface area (Å²) in [6.07, 6.45) is 3.43. The predicted octanol–water partition coefficient (Wildman–Crippen LogP) is 1.72. The number of nitrogens with one attached hydrogen (secondary N) is 1. The van der Waals surface area contributed by atoms with Gasteiger partial charge < -0.3 is 11.1 Å². The third-order valence-corrected chi connectivity index (χ3v) is 4.76. The molecule has 0 spiro atoms. The van der Waals surface area contributed by atoms with Crippen molar-refractivity contribution in [3.63, 3.8) is 0 Å². The number of carbonyl (C=O) groups is 1. The number of aryl methyl sites for hydroxylation is 1. The van der Waals surface area contributed by atoms with Gasteiger partial charge in [-0.3, -0.25) is 9.78 Å². The average Bonchev–Trinajstić information content (AvgIpc) is 2.54. The van der Waals surface area contributed by atoms with Crippen molar-refractivity contribution in [2.75, 3.05) is 11.6 Å². The molecule has 0 saturated carbocycles. The van der Waals surface area contributed by atoms with Crippen LogP contribution in [-0.2, 0) is 9.84 Å². The number of halogens is 1. The minimum absolute atomic E-state index is 0.0475. The molecule has 0 fully saturated rings. The Hall–Kier alpha value is -3.14. The van der Waals surface area contributed by atoms with E-state index in [4.69, 9.17) is 5.73 Å². The Balaban J connectivity index is 2.34. The zero-order chi connectivity index (χ0) is 19.1. The molecular weight excluding hydrogens is 361 g/mol. The molecule has 3 rings (SSSR count). The SMILES string of the molecule is Cc1cc(S(C)(=O)=O)cc2c(Nc3cncc(F)c3)c(C(N)=O)nnc12. The molecule has 3 aromatic rings. The monoisotopic (exact) mass is 375 g/mol. The fraction of sp³-hybridized carbons (Fsp3) is 0.125. The second-order valence-corrected chi connectivity index (χ2v) is 7.73. The number of nitrogens with zero attached hydrogens (tertiary/aromatic N) is 3. The predicted molar refractivity (Wildman–Crippen MR) is 93.4 cm³/mol. The highest BCUT2D eigenvalue weighted by Crippen LogP contribution is 2.31. The molecular formula is C16H14FN5O3S. The Morgan fingerprint density at radius 3 is 2.54 bits per heavy atom. The molecule has 2 aromatic heterocycles. The number of aromatic nitrogens is 3. The zero-order valence-corrected chi connectivity index (χ0v) is 14.6. The van der Waals surface area contributed by atoms with Gasteiger partial charge in [-0.2, -0.15) is 0 Å². The number of hydrogen-bond donors (Lipinski definition) is 2. The first-order valence-electron chi connectivity index (χ1n) is 7.35. The normalized spacial score (nSPS) is 11.5. The smallest absolute Gasteiger partial charge is 0.271 e. The summed E-state index contributed by atoms with van der Waals surface area (Å²) in [5.41, 5.74) is 6.46. The quantitative estimate of drug-likeness (QED) is 0.710. The number of pyridine rings is 1. The number of amides is 1. The molecule has 0 radical (unpaired) electrons. The van der Waals surface area contributed by atoms with Crippen LogP contribution in [0, 0.1) is 12.7 Å². The van der Waals surface area contributed by atoms with Crippen LogP contribution in [0.25, 0.3) is 10.9 Å². The summed E-state index contributed by atoms with van der Waals surface area (Å²) in [7, 11) is -3.51. The average molecular weight is 375 g/mol. The van der Waals surface area contributed by atoms with Crippen molar-refractivity contribution in [2.24, 2.45) is 5.73 Å². The van der Waals surface area contributed by atoms with E-state index in [1.807, 2.05) is 0 Å². The lowest BCUT2D eigenvalue weighted by Crippen LogP contribution is -2.17. The van der Waals surface area contributed by atoms with Crippen LogP contribution in [0.3, 0.4) is 0 Å². The van der Waals surface area contributed by atoms with E-state index in [1.165, 1.54) is 18.3 Å². The minimum Gasteiger partial charge on any atom is -0.364 e. The third kappa shape index (κ3) is 3.31. The molecule has 1 aromatic carbocycles. The van der Waals surface area contributed by atoms with Crippen LogP contribution in [-0.4, -0.2) is 35.8 Å². The first-order chi connectivity index (χ1) is 12.2. The lowest BCUT2D eigenvalue weighted by molar-refractivity contribution is 0.0995. The van der Waals surface area contributed by atoms with Crippen molar-refractivity contribution in [2.45, 2.75) is 11.8 Å². The fourth-order valence-electron chi connectivity index (χ4n) is 2.48. The first-order valence-corrected chi connectivity index (χ1v) is 9.24. The lowest BCUT2D eigenvalue weighted by atomic mass is 10.1. The van der Waals surface area contributed by atoms with Crippen molar-refractivity contribution in [3.05, 3.63) is 47.7 Å². The summed E-state index contributed by atoms with van der Waals surface area (Å²) >= 11 is 0. The van der Waals surface area contributed by atoms with E-state index in [2.05, 4.69) is 20.5 Å². The minimum atomic E-state index is -3.51. The van der Waals surface area contributed by atoms with Gasteiger partial charge >= 0.3 is 0 Å². The van der Waals surface area contributed by atoms with Crippen LogP contribution in [0.5, 0.6) is 0 Å². The van der Waals surface area contributed by atoms with Crippen molar-refractivity contribution in [1.82, 2.24) is 15.2 Å². The number of sulfone groups is 1. The lowest BCUT2D eigenvalue weighted by Gasteiger charge is -2.14. The first kappa shape index (κ1) is 17.7. The summed E-state index contributed by atoms with van der Waals surface area (Å²) in [6.45, 7) is 1.67. The number of hydrogen-bond acceptors (Lipinski definition) is 7. The molecule has 0 atom stereocenters. The Morgan fingerprint density at radius 1 is 1.19 bits per heavy atom. The zero-order valence-electron chi connectivity index (χ0n) is 13.8. The largest absolute Gasteiger partial charge is 0.364 e. The number of benzene rings is 1. The van der Waals surface area contributed by atoms with Crippen molar-refractivity contribution in [3.8, 4) is 0 Å². The highest BCUT2D eigenvalue weighted by Gasteiger charge is 2.19. The number of rotatable bonds is 4. The number of nitrogens with two attached hydrogens (primary N) is 1. The number of fused-ring (bicyclic) bond motifs is 1. The molecule has 2 heterocycles. The van der Waals surface area contributed by atoms with Crippen LogP contribution < -0.4 is 11.1 Å². The maximum Gasteiger partial charge on any atom is 0.271 e. The molecule has 134 valence electrons. The van der Waals surface area contributed by atoms with Gasteiger partial charge in [0.1, 0.15) is 5.82 Å². The molecule has 10 heteroatoms. The standard InChI is InChI=1S/C16H14FN5O3S/c1-8-3-11(26(2,24)25)5-12-13(8)21-22-15(16(18)23)14(12)20-10-4-9(17)6-19-7-10/h3-7H,1-2H3,(H2,18,23)(H,20,21). The van der Waals surface area contributed by atoms with Gasteiger partial charge in [0.25, 0.3) is 5.91 Å². The van der Waals surface area contributed by atoms with E-state index in [9.17, 15) is 17.6 Å². The number of carbonyl (C=O) groups excluding carboxylic acids is 1. The summed E-state index contributed by atoms with van der Waals surface area (Å²) in [4.78, 5) is 15.5. The molecule has 26 heavy (non-hydrogen) atoms. The van der Waals surface area contributed by atoms with E-state index in [0.29, 0.717) is 16.5 Å². The molecule has 0 aliphatic rings. The second-order valence-electron chi connectivity index (χ2n) is 5.71. The van der Waals surface area contributed by atoms with Crippen LogP contribution in [0.15, 0.2) is 35.5 Å². The van der Waals surface area contributed by atoms with E-state index in [1.54, 1.807) is 6.92 Å². The topological polar surface area (TPSA) is 128 Å². The van der Waals surface area contributed by atoms with Gasteiger partial charge in [-0.15, -0.1) is 10.2 Å². The van der Waals surface area contributed by atoms with E-state index >= 15 is 0 Å². The third-order valence-electron chi connectivity index (χ3n) is 3.67. The van der Waals surface area contributed by atoms with Crippen LogP contribution >= 0.6 is 0 Å². The number of primary amides is 1. The van der Waals surface area contributed by atoms with Crippen LogP contribution in [0.4, 0.5) is 15.8 Å². The summed E-state index contributed by atoms with van der Waals surface area (Å²) in [5.74, 6) is -1.45. The van der Waals surface area contributed by atoms with Gasteiger partial charge in [-0.25, -0.2) is 12.8 Å².